The molecule has 8 nitrogen and oxygen atoms in total. The van der Waals surface area contributed by atoms with Gasteiger partial charge in [0.2, 0.25) is 12.5 Å². The van der Waals surface area contributed by atoms with Crippen LogP contribution in [0.15, 0.2) is 23.8 Å². The summed E-state index contributed by atoms with van der Waals surface area (Å²) in [7, 11) is 1.50. The topological polar surface area (TPSA) is 92.8 Å². The lowest BCUT2D eigenvalue weighted by atomic mass is 10.0. The van der Waals surface area contributed by atoms with Crippen molar-refractivity contribution < 1.29 is 38.0 Å². The second-order valence-electron chi connectivity index (χ2n) is 7.23. The molecule has 158 valence electrons. The molecule has 1 aromatic rings. The van der Waals surface area contributed by atoms with E-state index in [-0.39, 0.29) is 12.9 Å². The lowest BCUT2D eigenvalue weighted by Gasteiger charge is -2.26. The van der Waals surface area contributed by atoms with Gasteiger partial charge in [0, 0.05) is 11.1 Å². The molecule has 0 unspecified atom stereocenters. The second kappa shape index (κ2) is 7.94. The summed E-state index contributed by atoms with van der Waals surface area (Å²) in [5, 5.41) is 0. The van der Waals surface area contributed by atoms with Crippen LogP contribution in [0, 0.1) is 0 Å². The van der Waals surface area contributed by atoms with Gasteiger partial charge in [-0.15, -0.1) is 0 Å². The van der Waals surface area contributed by atoms with E-state index in [4.69, 9.17) is 28.4 Å². The zero-order valence-electron chi connectivity index (χ0n) is 17.4. The highest BCUT2D eigenvalue weighted by Gasteiger charge is 2.57. The summed E-state index contributed by atoms with van der Waals surface area (Å²) in [5.74, 6) is 0.354. The van der Waals surface area contributed by atoms with Crippen LogP contribution >= 0.6 is 0 Å². The van der Waals surface area contributed by atoms with Crippen molar-refractivity contribution in [3.63, 3.8) is 0 Å². The van der Waals surface area contributed by atoms with E-state index in [0.717, 1.165) is 0 Å². The molecule has 8 heteroatoms. The standard InChI is InChI=1S/C21H26O8/c1-7-11(2)19(22)28-17(12(3)27-20(23)21(5)13(4)29-21)14-8-15(24-6)18-16(9-14)25-10-26-18/h7-9,12-13,17H,10H2,1-6H3/b11-7-/t12-,13+,17-,21+/m0/s1. The third kappa shape index (κ3) is 4.03. The SMILES string of the molecule is C/C=C(/C)C(=O)O[C@H](c1cc(OC)c2c(c1)OCO2)[C@H](C)OC(=O)[C@]1(C)O[C@@H]1C. The Kier molecular flexibility index (Phi) is 5.75. The molecule has 1 fully saturated rings. The summed E-state index contributed by atoms with van der Waals surface area (Å²) in [5.41, 5.74) is 0.0140. The van der Waals surface area contributed by atoms with Crippen molar-refractivity contribution in [2.75, 3.05) is 13.9 Å². The van der Waals surface area contributed by atoms with Gasteiger partial charge in [-0.25, -0.2) is 9.59 Å². The third-order valence-corrected chi connectivity index (χ3v) is 5.26. The van der Waals surface area contributed by atoms with Crippen molar-refractivity contribution in [2.24, 2.45) is 0 Å². The van der Waals surface area contributed by atoms with Crippen LogP contribution in [0.5, 0.6) is 17.2 Å². The van der Waals surface area contributed by atoms with Crippen LogP contribution in [0.2, 0.25) is 0 Å². The molecule has 2 heterocycles. The van der Waals surface area contributed by atoms with Crippen molar-refractivity contribution in [1.29, 1.82) is 0 Å². The lowest BCUT2D eigenvalue weighted by molar-refractivity contribution is -0.168. The predicted octanol–water partition coefficient (Wildman–Crippen LogP) is 3.08. The first-order valence-corrected chi connectivity index (χ1v) is 9.41. The van der Waals surface area contributed by atoms with Crippen molar-refractivity contribution in [2.45, 2.75) is 58.5 Å². The van der Waals surface area contributed by atoms with Crippen LogP contribution in [-0.2, 0) is 23.8 Å². The van der Waals surface area contributed by atoms with E-state index in [2.05, 4.69) is 0 Å². The van der Waals surface area contributed by atoms with Gasteiger partial charge < -0.3 is 28.4 Å². The summed E-state index contributed by atoms with van der Waals surface area (Å²) in [4.78, 5) is 25.0. The molecule has 0 bridgehead atoms. The Morgan fingerprint density at radius 3 is 2.55 bits per heavy atom. The van der Waals surface area contributed by atoms with E-state index in [9.17, 15) is 9.59 Å². The highest BCUT2D eigenvalue weighted by Crippen LogP contribution is 2.44. The summed E-state index contributed by atoms with van der Waals surface area (Å²) in [6, 6.07) is 3.37. The lowest BCUT2D eigenvalue weighted by Crippen LogP contribution is -2.33. The maximum atomic E-state index is 12.5. The molecule has 1 saturated heterocycles. The van der Waals surface area contributed by atoms with E-state index in [1.807, 2.05) is 0 Å². The van der Waals surface area contributed by atoms with Crippen LogP contribution in [0.25, 0.3) is 0 Å². The molecular weight excluding hydrogens is 380 g/mol. The maximum absolute atomic E-state index is 12.5. The van der Waals surface area contributed by atoms with Gasteiger partial charge in [0.05, 0.1) is 13.2 Å². The van der Waals surface area contributed by atoms with Gasteiger partial charge in [-0.1, -0.05) is 6.08 Å². The van der Waals surface area contributed by atoms with Crippen LogP contribution < -0.4 is 14.2 Å². The van der Waals surface area contributed by atoms with E-state index in [1.165, 1.54) is 7.11 Å². The molecule has 29 heavy (non-hydrogen) atoms. The summed E-state index contributed by atoms with van der Waals surface area (Å²) < 4.78 is 32.9. The molecule has 1 aromatic carbocycles. The van der Waals surface area contributed by atoms with Gasteiger partial charge in [-0.3, -0.25) is 0 Å². The average Bonchev–Trinajstić information content (AvgIpc) is 3.09. The Labute approximate surface area is 169 Å². The van der Waals surface area contributed by atoms with Crippen molar-refractivity contribution in [3.05, 3.63) is 29.3 Å². The molecular formula is C21H26O8. The van der Waals surface area contributed by atoms with Crippen molar-refractivity contribution in [1.82, 2.24) is 0 Å². The van der Waals surface area contributed by atoms with E-state index >= 15 is 0 Å². The minimum Gasteiger partial charge on any atom is -0.493 e. The monoisotopic (exact) mass is 406 g/mol. The van der Waals surface area contributed by atoms with Gasteiger partial charge in [0.15, 0.2) is 23.2 Å². The van der Waals surface area contributed by atoms with Gasteiger partial charge in [-0.2, -0.15) is 0 Å². The molecule has 0 radical (unpaired) electrons. The Morgan fingerprint density at radius 1 is 1.28 bits per heavy atom. The predicted molar refractivity (Wildman–Crippen MR) is 102 cm³/mol. The van der Waals surface area contributed by atoms with E-state index in [1.54, 1.807) is 52.8 Å². The third-order valence-electron chi connectivity index (χ3n) is 5.26. The number of esters is 2. The first-order chi connectivity index (χ1) is 13.7. The van der Waals surface area contributed by atoms with Crippen LogP contribution in [-0.4, -0.2) is 43.7 Å². The van der Waals surface area contributed by atoms with Crippen LogP contribution in [0.3, 0.4) is 0 Å². The Balaban J connectivity index is 1.91. The maximum Gasteiger partial charge on any atom is 0.341 e. The summed E-state index contributed by atoms with van der Waals surface area (Å²) >= 11 is 0. The van der Waals surface area contributed by atoms with E-state index < -0.39 is 29.7 Å². The minimum atomic E-state index is -0.978. The van der Waals surface area contributed by atoms with E-state index in [0.29, 0.717) is 28.4 Å². The fraction of sp³-hybridized carbons (Fsp3) is 0.524. The molecule has 2 aliphatic rings. The number of fused-ring (bicyclic) bond motifs is 1. The molecule has 0 aromatic heterocycles. The summed E-state index contributed by atoms with van der Waals surface area (Å²) in [6.45, 7) is 8.58. The number of carbonyl (C=O) groups is 2. The molecule has 0 saturated carbocycles. The number of hydrogen-bond acceptors (Lipinski definition) is 8. The largest absolute Gasteiger partial charge is 0.493 e. The summed E-state index contributed by atoms with van der Waals surface area (Å²) in [6.07, 6.45) is -0.243. The van der Waals surface area contributed by atoms with Gasteiger partial charge in [0.25, 0.3) is 0 Å². The highest BCUT2D eigenvalue weighted by molar-refractivity contribution is 5.88. The zero-order chi connectivity index (χ0) is 21.3. The molecule has 0 N–H and O–H groups in total. The van der Waals surface area contributed by atoms with Gasteiger partial charge in [-0.05, 0) is 46.8 Å². The van der Waals surface area contributed by atoms with Crippen molar-refractivity contribution >= 4 is 11.9 Å². The normalized spacial score (nSPS) is 24.5. The van der Waals surface area contributed by atoms with Crippen molar-refractivity contribution in [3.8, 4) is 17.2 Å². The number of benzene rings is 1. The first kappa shape index (κ1) is 21.0. The number of allylic oxidation sites excluding steroid dienone is 1. The zero-order valence-corrected chi connectivity index (χ0v) is 17.4. The molecule has 0 aliphatic carbocycles. The first-order valence-electron chi connectivity index (χ1n) is 9.41. The average molecular weight is 406 g/mol. The van der Waals surface area contributed by atoms with Gasteiger partial charge >= 0.3 is 11.9 Å². The quantitative estimate of drug-likeness (QED) is 0.387. The number of epoxide rings is 1. The molecule has 2 aliphatic heterocycles. The van der Waals surface area contributed by atoms with Crippen LogP contribution in [0.4, 0.5) is 0 Å². The van der Waals surface area contributed by atoms with Crippen LogP contribution in [0.1, 0.15) is 46.3 Å². The number of ether oxygens (including phenoxy) is 6. The number of carbonyl (C=O) groups excluding carboxylic acids is 2. The highest BCUT2D eigenvalue weighted by atomic mass is 16.7. The molecule has 3 rings (SSSR count). The fourth-order valence-electron chi connectivity index (χ4n) is 2.97. The molecule has 4 atom stereocenters. The second-order valence-corrected chi connectivity index (χ2v) is 7.23. The van der Waals surface area contributed by atoms with Gasteiger partial charge in [0.1, 0.15) is 6.10 Å². The number of rotatable bonds is 7. The Bertz CT molecular complexity index is 845. The molecule has 0 spiro atoms. The minimum absolute atomic E-state index is 0.0649. The fourth-order valence-corrected chi connectivity index (χ4v) is 2.97. The number of hydrogen-bond donors (Lipinski definition) is 0. The number of methoxy groups -OCH3 is 1. The Hall–Kier alpha value is -2.74. The Morgan fingerprint density at radius 2 is 1.97 bits per heavy atom. The molecule has 0 amide bonds. The smallest absolute Gasteiger partial charge is 0.341 e.